The second-order valence-electron chi connectivity index (χ2n) is 6.85. The molecule has 4 rings (SSSR count). The first-order chi connectivity index (χ1) is 15.1. The number of carbonyl (C=O) groups excluding carboxylic acids is 2. The first-order valence-electron chi connectivity index (χ1n) is 9.58. The van der Waals surface area contributed by atoms with Gasteiger partial charge in [-0.3, -0.25) is 14.5 Å². The molecule has 7 nitrogen and oxygen atoms in total. The highest BCUT2D eigenvalue weighted by Gasteiger charge is 2.26. The fraction of sp³-hybridized carbons (Fsp3) is 0.125. The van der Waals surface area contributed by atoms with Crippen LogP contribution in [0.3, 0.4) is 0 Å². The largest absolute Gasteiger partial charge is 0.496 e. The van der Waals surface area contributed by atoms with Gasteiger partial charge in [0.1, 0.15) is 11.3 Å². The molecule has 2 aromatic heterocycles. The lowest BCUT2D eigenvalue weighted by atomic mass is 10.1. The maximum absolute atomic E-state index is 13.3. The summed E-state index contributed by atoms with van der Waals surface area (Å²) in [5.74, 6) is -0.782. The van der Waals surface area contributed by atoms with Crippen LogP contribution < -0.4 is 10.4 Å². The van der Waals surface area contributed by atoms with Crippen molar-refractivity contribution >= 4 is 22.8 Å². The number of rotatable bonds is 6. The Morgan fingerprint density at radius 2 is 1.74 bits per heavy atom. The van der Waals surface area contributed by atoms with Gasteiger partial charge in [0.05, 0.1) is 31.7 Å². The van der Waals surface area contributed by atoms with E-state index >= 15 is 0 Å². The predicted molar refractivity (Wildman–Crippen MR) is 113 cm³/mol. The number of ether oxygens (including phenoxy) is 1. The number of methoxy groups -OCH3 is 1. The van der Waals surface area contributed by atoms with Crippen LogP contribution >= 0.6 is 0 Å². The van der Waals surface area contributed by atoms with Crippen molar-refractivity contribution in [3.63, 3.8) is 0 Å². The molecule has 2 amide bonds. The van der Waals surface area contributed by atoms with Crippen molar-refractivity contribution in [2.45, 2.75) is 13.0 Å². The number of carbonyl (C=O) groups is 2. The quantitative estimate of drug-likeness (QED) is 0.474. The van der Waals surface area contributed by atoms with Crippen molar-refractivity contribution < 1.29 is 23.2 Å². The van der Waals surface area contributed by atoms with Crippen LogP contribution in [0.1, 0.15) is 21.7 Å². The summed E-state index contributed by atoms with van der Waals surface area (Å²) in [5, 5.41) is 0.678. The molecule has 0 aliphatic rings. The van der Waals surface area contributed by atoms with Crippen LogP contribution in [0.25, 0.3) is 11.0 Å². The Morgan fingerprint density at radius 3 is 2.48 bits per heavy atom. The molecular formula is C24H19NO6. The SMILES string of the molecule is COc1cccc2occ(CC(=O)N(Cc3ccccc3)C(=O)c3cccc(=O)o3)c12. The molecule has 0 radical (unpaired) electrons. The minimum absolute atomic E-state index is 0.0318. The molecule has 31 heavy (non-hydrogen) atoms. The zero-order valence-corrected chi connectivity index (χ0v) is 16.7. The Morgan fingerprint density at radius 1 is 0.968 bits per heavy atom. The van der Waals surface area contributed by atoms with Crippen LogP contribution in [0.4, 0.5) is 0 Å². The Labute approximate surface area is 177 Å². The van der Waals surface area contributed by atoms with E-state index in [-0.39, 0.29) is 18.7 Å². The molecule has 0 N–H and O–H groups in total. The number of fused-ring (bicyclic) bond motifs is 1. The number of amides is 2. The van der Waals surface area contributed by atoms with E-state index in [4.69, 9.17) is 13.6 Å². The lowest BCUT2D eigenvalue weighted by molar-refractivity contribution is -0.128. The second-order valence-corrected chi connectivity index (χ2v) is 6.85. The minimum Gasteiger partial charge on any atom is -0.496 e. The molecule has 4 aromatic rings. The summed E-state index contributed by atoms with van der Waals surface area (Å²) in [6.45, 7) is 0.0318. The summed E-state index contributed by atoms with van der Waals surface area (Å²) in [6.07, 6.45) is 1.39. The molecule has 156 valence electrons. The van der Waals surface area contributed by atoms with Crippen LogP contribution in [-0.4, -0.2) is 23.8 Å². The highest BCUT2D eigenvalue weighted by atomic mass is 16.5. The highest BCUT2D eigenvalue weighted by Crippen LogP contribution is 2.31. The molecule has 0 saturated carbocycles. The molecule has 2 aromatic carbocycles. The van der Waals surface area contributed by atoms with Gasteiger partial charge < -0.3 is 13.6 Å². The molecule has 0 saturated heterocycles. The van der Waals surface area contributed by atoms with Crippen molar-refractivity contribution in [3.8, 4) is 5.75 Å². The van der Waals surface area contributed by atoms with E-state index in [0.717, 1.165) is 10.5 Å². The third kappa shape index (κ3) is 4.25. The number of hydrogen-bond donors (Lipinski definition) is 0. The number of benzene rings is 2. The second kappa shape index (κ2) is 8.71. The van der Waals surface area contributed by atoms with Crippen molar-refractivity contribution in [2.75, 3.05) is 7.11 Å². The number of imide groups is 1. The van der Waals surface area contributed by atoms with E-state index in [9.17, 15) is 14.4 Å². The van der Waals surface area contributed by atoms with E-state index in [0.29, 0.717) is 22.3 Å². The smallest absolute Gasteiger partial charge is 0.336 e. The Balaban J connectivity index is 1.69. The maximum Gasteiger partial charge on any atom is 0.336 e. The molecule has 0 unspecified atom stereocenters. The van der Waals surface area contributed by atoms with Gasteiger partial charge in [-0.2, -0.15) is 0 Å². The minimum atomic E-state index is -0.689. The maximum atomic E-state index is 13.3. The average Bonchev–Trinajstić information content (AvgIpc) is 3.20. The standard InChI is InChI=1S/C24H19NO6/c1-29-18-9-5-10-19-23(18)17(15-30-19)13-21(26)25(14-16-7-3-2-4-8-16)24(28)20-11-6-12-22(27)31-20/h2-12,15H,13-14H2,1H3. The van der Waals surface area contributed by atoms with Gasteiger partial charge in [0.15, 0.2) is 5.76 Å². The van der Waals surface area contributed by atoms with E-state index in [2.05, 4.69) is 0 Å². The first kappa shape index (κ1) is 20.2. The molecule has 0 atom stereocenters. The molecule has 0 aliphatic heterocycles. The highest BCUT2D eigenvalue weighted by molar-refractivity contribution is 6.04. The third-order valence-electron chi connectivity index (χ3n) is 4.83. The predicted octanol–water partition coefficient (Wildman–Crippen LogP) is 3.81. The Kier molecular flexibility index (Phi) is 5.66. The zero-order chi connectivity index (χ0) is 21.8. The Hall–Kier alpha value is -4.13. The summed E-state index contributed by atoms with van der Waals surface area (Å²) < 4.78 is 16.0. The molecule has 0 bridgehead atoms. The number of furan rings is 1. The summed E-state index contributed by atoms with van der Waals surface area (Å²) >= 11 is 0. The van der Waals surface area contributed by atoms with Gasteiger partial charge in [-0.1, -0.05) is 42.5 Å². The first-order valence-corrected chi connectivity index (χ1v) is 9.58. The molecular weight excluding hydrogens is 398 g/mol. The Bertz CT molecular complexity index is 1290. The summed E-state index contributed by atoms with van der Waals surface area (Å²) in [6, 6.07) is 18.4. The van der Waals surface area contributed by atoms with Crippen molar-refractivity contribution in [1.29, 1.82) is 0 Å². The van der Waals surface area contributed by atoms with Crippen LogP contribution in [-0.2, 0) is 17.8 Å². The van der Waals surface area contributed by atoms with Crippen molar-refractivity contribution in [3.05, 3.63) is 100 Å². The summed E-state index contributed by atoms with van der Waals surface area (Å²) in [5.41, 5.74) is 1.27. The van der Waals surface area contributed by atoms with Crippen LogP contribution in [0.15, 0.2) is 86.6 Å². The molecule has 0 aliphatic carbocycles. The van der Waals surface area contributed by atoms with E-state index < -0.39 is 17.4 Å². The lowest BCUT2D eigenvalue weighted by Crippen LogP contribution is -2.37. The molecule has 2 heterocycles. The van der Waals surface area contributed by atoms with Gasteiger partial charge in [0.2, 0.25) is 5.91 Å². The van der Waals surface area contributed by atoms with Crippen molar-refractivity contribution in [1.82, 2.24) is 4.90 Å². The number of nitrogens with zero attached hydrogens (tertiary/aromatic N) is 1. The van der Waals surface area contributed by atoms with Crippen LogP contribution in [0, 0.1) is 0 Å². The third-order valence-corrected chi connectivity index (χ3v) is 4.83. The van der Waals surface area contributed by atoms with E-state index in [1.807, 2.05) is 30.3 Å². The topological polar surface area (TPSA) is 90.0 Å². The van der Waals surface area contributed by atoms with E-state index in [1.54, 1.807) is 18.2 Å². The van der Waals surface area contributed by atoms with E-state index in [1.165, 1.54) is 31.6 Å². The van der Waals surface area contributed by atoms with Crippen molar-refractivity contribution in [2.24, 2.45) is 0 Å². The normalized spacial score (nSPS) is 10.7. The van der Waals surface area contributed by atoms with Gasteiger partial charge in [-0.15, -0.1) is 0 Å². The molecule has 7 heteroatoms. The average molecular weight is 417 g/mol. The zero-order valence-electron chi connectivity index (χ0n) is 16.7. The fourth-order valence-electron chi connectivity index (χ4n) is 3.36. The van der Waals surface area contributed by atoms with Gasteiger partial charge in [0.25, 0.3) is 5.91 Å². The summed E-state index contributed by atoms with van der Waals surface area (Å²) in [4.78, 5) is 39.0. The fourth-order valence-corrected chi connectivity index (χ4v) is 3.36. The van der Waals surface area contributed by atoms with Gasteiger partial charge in [-0.05, 0) is 23.8 Å². The summed E-state index contributed by atoms with van der Waals surface area (Å²) in [7, 11) is 1.54. The lowest BCUT2D eigenvalue weighted by Gasteiger charge is -2.20. The van der Waals surface area contributed by atoms with Gasteiger partial charge >= 0.3 is 5.63 Å². The molecule has 0 fully saturated rings. The number of hydrogen-bond acceptors (Lipinski definition) is 6. The monoisotopic (exact) mass is 417 g/mol. The molecule has 0 spiro atoms. The van der Waals surface area contributed by atoms with Gasteiger partial charge in [0, 0.05) is 11.6 Å². The van der Waals surface area contributed by atoms with Crippen LogP contribution in [0.5, 0.6) is 5.75 Å². The van der Waals surface area contributed by atoms with Gasteiger partial charge in [-0.25, -0.2) is 4.79 Å². The van der Waals surface area contributed by atoms with Crippen LogP contribution in [0.2, 0.25) is 0 Å².